The molecule has 164 valence electrons. The van der Waals surface area contributed by atoms with Crippen LogP contribution in [-0.2, 0) is 10.3 Å². The molecule has 2 N–H and O–H groups in total. The van der Waals surface area contributed by atoms with Crippen molar-refractivity contribution in [2.45, 2.75) is 33.2 Å². The van der Waals surface area contributed by atoms with Crippen LogP contribution in [0.5, 0.6) is 0 Å². The summed E-state index contributed by atoms with van der Waals surface area (Å²) in [6.07, 6.45) is 0. The molecule has 1 saturated heterocycles. The van der Waals surface area contributed by atoms with Gasteiger partial charge in [0.25, 0.3) is 5.91 Å². The van der Waals surface area contributed by atoms with Crippen LogP contribution >= 0.6 is 0 Å². The number of anilines is 1. The lowest BCUT2D eigenvalue weighted by atomic mass is 9.92. The van der Waals surface area contributed by atoms with Crippen molar-refractivity contribution >= 4 is 23.4 Å². The second-order valence-electron chi connectivity index (χ2n) is 8.28. The molecule has 0 saturated carbocycles. The predicted molar refractivity (Wildman–Crippen MR) is 120 cm³/mol. The summed E-state index contributed by atoms with van der Waals surface area (Å²) >= 11 is 0. The van der Waals surface area contributed by atoms with Crippen molar-refractivity contribution in [1.82, 2.24) is 10.2 Å². The van der Waals surface area contributed by atoms with Gasteiger partial charge in [0, 0.05) is 29.9 Å². The molecule has 0 unspecified atom stereocenters. The summed E-state index contributed by atoms with van der Waals surface area (Å²) < 4.78 is 5.32. The van der Waals surface area contributed by atoms with Crippen LogP contribution in [-0.4, -0.2) is 48.9 Å². The minimum atomic E-state index is -0.702. The fraction of sp³-hybridized carbons (Fsp3) is 0.375. The summed E-state index contributed by atoms with van der Waals surface area (Å²) in [5.41, 5.74) is 2.66. The molecule has 0 aromatic heterocycles. The fourth-order valence-corrected chi connectivity index (χ4v) is 3.51. The summed E-state index contributed by atoms with van der Waals surface area (Å²) in [5, 5.41) is 5.76. The van der Waals surface area contributed by atoms with Crippen molar-refractivity contribution < 1.29 is 19.1 Å². The number of nitrogens with one attached hydrogen (secondary N) is 2. The van der Waals surface area contributed by atoms with Crippen molar-refractivity contribution in [2.24, 2.45) is 0 Å². The maximum absolute atomic E-state index is 12.9. The van der Waals surface area contributed by atoms with Gasteiger partial charge in [-0.25, -0.2) is 4.79 Å². The van der Waals surface area contributed by atoms with E-state index in [-0.39, 0.29) is 11.7 Å². The highest BCUT2D eigenvalue weighted by Crippen LogP contribution is 2.22. The Labute approximate surface area is 182 Å². The van der Waals surface area contributed by atoms with Gasteiger partial charge in [-0.2, -0.15) is 0 Å². The second kappa shape index (κ2) is 9.31. The van der Waals surface area contributed by atoms with E-state index in [1.165, 1.54) is 6.92 Å². The van der Waals surface area contributed by atoms with Gasteiger partial charge >= 0.3 is 6.03 Å². The maximum atomic E-state index is 12.9. The van der Waals surface area contributed by atoms with E-state index in [1.54, 1.807) is 35.2 Å². The topological polar surface area (TPSA) is 87.7 Å². The molecular weight excluding hydrogens is 394 g/mol. The van der Waals surface area contributed by atoms with E-state index >= 15 is 0 Å². The maximum Gasteiger partial charge on any atom is 0.319 e. The van der Waals surface area contributed by atoms with Gasteiger partial charge in [0.05, 0.1) is 18.8 Å². The highest BCUT2D eigenvalue weighted by atomic mass is 16.5. The number of benzene rings is 2. The smallest absolute Gasteiger partial charge is 0.319 e. The first-order valence-electron chi connectivity index (χ1n) is 10.4. The Bertz CT molecular complexity index is 994. The average molecular weight is 424 g/mol. The average Bonchev–Trinajstić information content (AvgIpc) is 2.75. The van der Waals surface area contributed by atoms with Crippen LogP contribution in [0.2, 0.25) is 0 Å². The summed E-state index contributed by atoms with van der Waals surface area (Å²) in [6, 6.07) is 12.1. The van der Waals surface area contributed by atoms with Crippen LogP contribution in [0, 0.1) is 6.92 Å². The molecule has 0 spiro atoms. The number of aryl methyl sites for hydroxylation is 1. The monoisotopic (exact) mass is 423 g/mol. The van der Waals surface area contributed by atoms with Crippen molar-refractivity contribution in [3.05, 3.63) is 64.7 Å². The van der Waals surface area contributed by atoms with Gasteiger partial charge in [-0.05, 0) is 57.0 Å². The number of amides is 3. The number of nitrogens with zero attached hydrogens (tertiary/aromatic N) is 1. The van der Waals surface area contributed by atoms with Crippen LogP contribution in [0.3, 0.4) is 0 Å². The first-order valence-corrected chi connectivity index (χ1v) is 10.4. The fourth-order valence-electron chi connectivity index (χ4n) is 3.51. The zero-order chi connectivity index (χ0) is 22.6. The lowest BCUT2D eigenvalue weighted by molar-refractivity contribution is 0.0302. The molecule has 0 bridgehead atoms. The minimum absolute atomic E-state index is 0.0285. The summed E-state index contributed by atoms with van der Waals surface area (Å²) in [5.74, 6) is -0.0922. The third-order valence-electron chi connectivity index (χ3n) is 5.44. The number of rotatable bonds is 5. The van der Waals surface area contributed by atoms with Crippen molar-refractivity contribution in [1.29, 1.82) is 0 Å². The Kier molecular flexibility index (Phi) is 6.75. The number of Topliss-reactive ketones (excluding diaryl/α,β-unsaturated/α-hetero) is 1. The highest BCUT2D eigenvalue weighted by molar-refractivity contribution is 5.98. The minimum Gasteiger partial charge on any atom is -0.378 e. The molecule has 0 aliphatic carbocycles. The molecular formula is C24H29N3O4. The molecule has 3 rings (SSSR count). The first-order chi connectivity index (χ1) is 14.7. The van der Waals surface area contributed by atoms with Gasteiger partial charge in [-0.15, -0.1) is 0 Å². The number of carbonyl (C=O) groups is 3. The van der Waals surface area contributed by atoms with Gasteiger partial charge in [-0.3, -0.25) is 9.59 Å². The molecule has 1 aliphatic heterocycles. The van der Waals surface area contributed by atoms with Gasteiger partial charge in [0.15, 0.2) is 5.78 Å². The Balaban J connectivity index is 1.72. The zero-order valence-electron chi connectivity index (χ0n) is 18.5. The number of carbonyl (C=O) groups excluding carboxylic acids is 3. The third-order valence-corrected chi connectivity index (χ3v) is 5.44. The summed E-state index contributed by atoms with van der Waals surface area (Å²) in [6.45, 7) is 9.31. The quantitative estimate of drug-likeness (QED) is 0.718. The Morgan fingerprint density at radius 1 is 1.03 bits per heavy atom. The first kappa shape index (κ1) is 22.5. The second-order valence-corrected chi connectivity index (χ2v) is 8.28. The van der Waals surface area contributed by atoms with Crippen LogP contribution in [0.1, 0.15) is 52.6 Å². The molecule has 7 heteroatoms. The van der Waals surface area contributed by atoms with E-state index in [4.69, 9.17) is 4.74 Å². The lowest BCUT2D eigenvalue weighted by Crippen LogP contribution is -2.43. The zero-order valence-corrected chi connectivity index (χ0v) is 18.5. The van der Waals surface area contributed by atoms with Gasteiger partial charge < -0.3 is 20.3 Å². The van der Waals surface area contributed by atoms with Crippen molar-refractivity contribution in [3.63, 3.8) is 0 Å². The normalized spacial score (nSPS) is 14.1. The molecule has 31 heavy (non-hydrogen) atoms. The number of hydrogen-bond acceptors (Lipinski definition) is 4. The van der Waals surface area contributed by atoms with Crippen molar-refractivity contribution in [2.75, 3.05) is 31.6 Å². The van der Waals surface area contributed by atoms with Gasteiger partial charge in [-0.1, -0.05) is 24.3 Å². The Morgan fingerprint density at radius 3 is 2.42 bits per heavy atom. The molecule has 7 nitrogen and oxygen atoms in total. The molecule has 0 atom stereocenters. The van der Waals surface area contributed by atoms with E-state index in [1.807, 2.05) is 32.9 Å². The summed E-state index contributed by atoms with van der Waals surface area (Å²) in [4.78, 5) is 39.0. The Hall–Kier alpha value is -3.19. The molecule has 1 fully saturated rings. The van der Waals surface area contributed by atoms with Crippen LogP contribution in [0.25, 0.3) is 0 Å². The number of morpholine rings is 1. The number of hydrogen-bond donors (Lipinski definition) is 2. The molecule has 1 aliphatic rings. The van der Waals surface area contributed by atoms with E-state index in [0.717, 1.165) is 11.1 Å². The predicted octanol–water partition coefficient (Wildman–Crippen LogP) is 3.73. The SMILES string of the molecule is CC(=O)c1cccc(C(C)(C)NC(=O)Nc2ccc(C)c(C(=O)N3CCOCC3)c2)c1. The van der Waals surface area contributed by atoms with Crippen LogP contribution in [0.4, 0.5) is 10.5 Å². The van der Waals surface area contributed by atoms with E-state index in [0.29, 0.717) is 43.1 Å². The van der Waals surface area contributed by atoms with Gasteiger partial charge in [0.2, 0.25) is 0 Å². The van der Waals surface area contributed by atoms with Gasteiger partial charge in [0.1, 0.15) is 0 Å². The highest BCUT2D eigenvalue weighted by Gasteiger charge is 2.24. The third kappa shape index (κ3) is 5.49. The lowest BCUT2D eigenvalue weighted by Gasteiger charge is -2.28. The standard InChI is InChI=1S/C24H29N3O4/c1-16-8-9-20(15-21(16)22(29)27-10-12-31-13-11-27)25-23(30)26-24(3,4)19-7-5-6-18(14-19)17(2)28/h5-9,14-15H,10-13H2,1-4H3,(H2,25,26,30). The number of ether oxygens (including phenoxy) is 1. The molecule has 2 aromatic carbocycles. The summed E-state index contributed by atoms with van der Waals surface area (Å²) in [7, 11) is 0. The number of urea groups is 1. The van der Waals surface area contributed by atoms with E-state index in [2.05, 4.69) is 10.6 Å². The largest absolute Gasteiger partial charge is 0.378 e. The molecule has 2 aromatic rings. The van der Waals surface area contributed by atoms with Crippen LogP contribution < -0.4 is 10.6 Å². The molecule has 1 heterocycles. The molecule has 3 amide bonds. The number of ketones is 1. The van der Waals surface area contributed by atoms with E-state index in [9.17, 15) is 14.4 Å². The van der Waals surface area contributed by atoms with Crippen molar-refractivity contribution in [3.8, 4) is 0 Å². The van der Waals surface area contributed by atoms with E-state index < -0.39 is 11.6 Å². The molecule has 0 radical (unpaired) electrons. The Morgan fingerprint density at radius 2 is 1.74 bits per heavy atom. The van der Waals surface area contributed by atoms with Crippen LogP contribution in [0.15, 0.2) is 42.5 Å².